The first-order valence-corrected chi connectivity index (χ1v) is 4.21. The highest BCUT2D eigenvalue weighted by molar-refractivity contribution is 7.13. The Balaban J connectivity index is 2.60. The molecule has 1 rings (SSSR count). The van der Waals surface area contributed by atoms with Gasteiger partial charge < -0.3 is 15.9 Å². The highest BCUT2D eigenvalue weighted by atomic mass is 32.1. The van der Waals surface area contributed by atoms with Crippen molar-refractivity contribution in [2.24, 2.45) is 5.73 Å². The van der Waals surface area contributed by atoms with E-state index in [9.17, 15) is 0 Å². The van der Waals surface area contributed by atoms with Gasteiger partial charge in [0.05, 0.1) is 0 Å². The van der Waals surface area contributed by atoms with Gasteiger partial charge in [0, 0.05) is 17.5 Å². The Morgan fingerprint density at radius 2 is 2.27 bits per heavy atom. The summed E-state index contributed by atoms with van der Waals surface area (Å²) in [6.45, 7) is 0.0832. The molecule has 0 radical (unpaired) electrons. The van der Waals surface area contributed by atoms with Gasteiger partial charge in [-0.1, -0.05) is 0 Å². The van der Waals surface area contributed by atoms with E-state index in [-0.39, 0.29) is 17.7 Å². The summed E-state index contributed by atoms with van der Waals surface area (Å²) in [6, 6.07) is 3.24. The highest BCUT2D eigenvalue weighted by Gasteiger charge is 2.07. The van der Waals surface area contributed by atoms with Gasteiger partial charge in [0.2, 0.25) is 0 Å². The molecule has 1 atom stereocenters. The Kier molecular flexibility index (Phi) is 2.87. The first-order chi connectivity index (χ1) is 5.24. The van der Waals surface area contributed by atoms with Gasteiger partial charge in [-0.2, -0.15) is 0 Å². The third-order valence-corrected chi connectivity index (χ3v) is 2.44. The maximum Gasteiger partial charge on any atom is 0.171 e. The van der Waals surface area contributed by atoms with E-state index in [1.54, 1.807) is 12.1 Å². The topological polar surface area (TPSA) is 66.5 Å². The van der Waals surface area contributed by atoms with Crippen LogP contribution in [0.25, 0.3) is 0 Å². The molecule has 0 bridgehead atoms. The summed E-state index contributed by atoms with van der Waals surface area (Å²) in [7, 11) is 0. The molecule has 0 unspecified atom stereocenters. The van der Waals surface area contributed by atoms with Gasteiger partial charge in [-0.25, -0.2) is 0 Å². The number of aliphatic hydroxyl groups excluding tert-OH is 1. The van der Waals surface area contributed by atoms with Gasteiger partial charge >= 0.3 is 0 Å². The van der Waals surface area contributed by atoms with Crippen LogP contribution in [0.15, 0.2) is 12.1 Å². The minimum absolute atomic E-state index is 0.0832. The maximum absolute atomic E-state index is 8.97. The fourth-order valence-electron chi connectivity index (χ4n) is 0.823. The molecule has 11 heavy (non-hydrogen) atoms. The van der Waals surface area contributed by atoms with E-state index >= 15 is 0 Å². The molecule has 4 N–H and O–H groups in total. The summed E-state index contributed by atoms with van der Waals surface area (Å²) in [5, 5.41) is 17.8. The molecule has 4 heteroatoms. The van der Waals surface area contributed by atoms with Crippen molar-refractivity contribution in [1.82, 2.24) is 0 Å². The van der Waals surface area contributed by atoms with Crippen LogP contribution in [0.4, 0.5) is 0 Å². The van der Waals surface area contributed by atoms with Gasteiger partial charge in [-0.15, -0.1) is 11.3 Å². The minimum Gasteiger partial charge on any atom is -0.499 e. The van der Waals surface area contributed by atoms with Crippen LogP contribution < -0.4 is 5.73 Å². The smallest absolute Gasteiger partial charge is 0.171 e. The summed E-state index contributed by atoms with van der Waals surface area (Å²) in [5.74, 6) is 0. The Morgan fingerprint density at radius 3 is 2.73 bits per heavy atom. The number of rotatable bonds is 3. The molecule has 62 valence electrons. The molecule has 0 aromatic carbocycles. The van der Waals surface area contributed by atoms with E-state index in [4.69, 9.17) is 15.9 Å². The zero-order valence-corrected chi connectivity index (χ0v) is 6.84. The summed E-state index contributed by atoms with van der Waals surface area (Å²) in [4.78, 5) is 0.913. The van der Waals surface area contributed by atoms with Crippen LogP contribution in [-0.2, 0) is 0 Å². The van der Waals surface area contributed by atoms with Crippen molar-refractivity contribution in [2.45, 2.75) is 12.5 Å². The maximum atomic E-state index is 8.97. The first kappa shape index (κ1) is 8.52. The summed E-state index contributed by atoms with van der Waals surface area (Å²) in [5.41, 5.74) is 5.66. The number of aromatic hydroxyl groups is 1. The second-order valence-corrected chi connectivity index (χ2v) is 3.39. The van der Waals surface area contributed by atoms with Crippen molar-refractivity contribution in [1.29, 1.82) is 0 Å². The van der Waals surface area contributed by atoms with Crippen molar-refractivity contribution in [2.75, 3.05) is 6.61 Å². The van der Waals surface area contributed by atoms with Crippen LogP contribution in [0.2, 0.25) is 0 Å². The molecule has 0 fully saturated rings. The second kappa shape index (κ2) is 3.71. The molecule has 0 spiro atoms. The first-order valence-electron chi connectivity index (χ1n) is 3.39. The molecule has 1 heterocycles. The highest BCUT2D eigenvalue weighted by Crippen LogP contribution is 2.27. The largest absolute Gasteiger partial charge is 0.499 e. The van der Waals surface area contributed by atoms with Crippen LogP contribution in [0.3, 0.4) is 0 Å². The third kappa shape index (κ3) is 2.18. The summed E-state index contributed by atoms with van der Waals surface area (Å²) >= 11 is 1.26. The Bertz CT molecular complexity index is 224. The predicted molar refractivity (Wildman–Crippen MR) is 44.6 cm³/mol. The average Bonchev–Trinajstić information content (AvgIpc) is 2.36. The molecule has 0 saturated heterocycles. The van der Waals surface area contributed by atoms with E-state index < -0.39 is 0 Å². The predicted octanol–water partition coefficient (Wildman–Crippen LogP) is 0.836. The Hall–Kier alpha value is -0.580. The van der Waals surface area contributed by atoms with Gasteiger partial charge in [-0.05, 0) is 18.6 Å². The third-order valence-electron chi connectivity index (χ3n) is 1.42. The number of aliphatic hydroxyl groups is 1. The van der Waals surface area contributed by atoms with Crippen molar-refractivity contribution >= 4 is 11.3 Å². The number of nitrogens with two attached hydrogens (primary N) is 1. The Morgan fingerprint density at radius 1 is 1.55 bits per heavy atom. The standard InChI is InChI=1S/C7H11NO2S/c8-5(3-4-9)6-1-2-7(10)11-6/h1-2,5,9-10H,3-4,8H2/t5-/m1/s1. The van der Waals surface area contributed by atoms with Crippen molar-refractivity contribution in [3.8, 4) is 5.06 Å². The molecular formula is C7H11NO2S. The molecule has 1 aromatic rings. The molecule has 0 aliphatic rings. The Labute approximate surface area is 69.1 Å². The monoisotopic (exact) mass is 173 g/mol. The van der Waals surface area contributed by atoms with Crippen LogP contribution >= 0.6 is 11.3 Å². The van der Waals surface area contributed by atoms with Crippen LogP contribution in [0.1, 0.15) is 17.3 Å². The molecule has 3 nitrogen and oxygen atoms in total. The van der Waals surface area contributed by atoms with E-state index in [2.05, 4.69) is 0 Å². The van der Waals surface area contributed by atoms with E-state index in [1.165, 1.54) is 11.3 Å². The van der Waals surface area contributed by atoms with Crippen LogP contribution in [0, 0.1) is 0 Å². The average molecular weight is 173 g/mol. The van der Waals surface area contributed by atoms with Gasteiger partial charge in [0.25, 0.3) is 0 Å². The van der Waals surface area contributed by atoms with E-state index in [0.29, 0.717) is 6.42 Å². The molecule has 0 aliphatic carbocycles. The van der Waals surface area contributed by atoms with Crippen molar-refractivity contribution in [3.63, 3.8) is 0 Å². The lowest BCUT2D eigenvalue weighted by Gasteiger charge is -2.05. The fourth-order valence-corrected chi connectivity index (χ4v) is 1.61. The minimum atomic E-state index is -0.147. The molecule has 0 saturated carbocycles. The number of hydrogen-bond acceptors (Lipinski definition) is 4. The zero-order valence-electron chi connectivity index (χ0n) is 6.03. The van der Waals surface area contributed by atoms with Gasteiger partial charge in [0.15, 0.2) is 5.06 Å². The van der Waals surface area contributed by atoms with Gasteiger partial charge in [0.1, 0.15) is 0 Å². The van der Waals surface area contributed by atoms with Crippen LogP contribution in [-0.4, -0.2) is 16.8 Å². The SMILES string of the molecule is N[C@H](CCO)c1ccc(O)s1. The van der Waals surface area contributed by atoms with E-state index in [0.717, 1.165) is 4.88 Å². The van der Waals surface area contributed by atoms with Crippen molar-refractivity contribution in [3.05, 3.63) is 17.0 Å². The summed E-state index contributed by atoms with van der Waals surface area (Å²) < 4.78 is 0. The van der Waals surface area contributed by atoms with Gasteiger partial charge in [-0.3, -0.25) is 0 Å². The van der Waals surface area contributed by atoms with Crippen molar-refractivity contribution < 1.29 is 10.2 Å². The molecule has 1 aromatic heterocycles. The lowest BCUT2D eigenvalue weighted by Crippen LogP contribution is -2.09. The second-order valence-electron chi connectivity index (χ2n) is 2.29. The molecule has 0 aliphatic heterocycles. The lowest BCUT2D eigenvalue weighted by molar-refractivity contribution is 0.277. The molecular weight excluding hydrogens is 162 g/mol. The quantitative estimate of drug-likeness (QED) is 0.634. The number of hydrogen-bond donors (Lipinski definition) is 3. The van der Waals surface area contributed by atoms with E-state index in [1.807, 2.05) is 0 Å². The van der Waals surface area contributed by atoms with Crippen LogP contribution in [0.5, 0.6) is 5.06 Å². The lowest BCUT2D eigenvalue weighted by atomic mass is 10.2. The normalized spacial score (nSPS) is 13.3. The molecule has 0 amide bonds. The number of thiophene rings is 1. The summed E-state index contributed by atoms with van der Waals surface area (Å²) in [6.07, 6.45) is 0.542. The fraction of sp³-hybridized carbons (Fsp3) is 0.429. The zero-order chi connectivity index (χ0) is 8.27.